The van der Waals surface area contributed by atoms with Crippen molar-refractivity contribution >= 4 is 11.5 Å². The van der Waals surface area contributed by atoms with Crippen LogP contribution in [0.25, 0.3) is 0 Å². The van der Waals surface area contributed by atoms with E-state index in [0.29, 0.717) is 18.6 Å². The van der Waals surface area contributed by atoms with Gasteiger partial charge in [0.1, 0.15) is 11.5 Å². The fourth-order valence-corrected chi connectivity index (χ4v) is 3.54. The van der Waals surface area contributed by atoms with E-state index in [0.717, 1.165) is 17.7 Å². The van der Waals surface area contributed by atoms with E-state index in [1.165, 1.54) is 17.7 Å². The minimum atomic E-state index is -4.49. The molecule has 0 saturated carbocycles. The Balaban J connectivity index is 2.02. The van der Waals surface area contributed by atoms with Crippen molar-refractivity contribution in [2.75, 3.05) is 30.9 Å². The third kappa shape index (κ3) is 6.04. The standard InChI is InChI=1S/C23H25F3N4O3/c1-33-12-6-11-29(14-17-9-5-10-18(13-17)23(24,25)26)19-20(27)30(22(32)28-21(19)31)15-16-7-3-2-4-8-16/h2-5,7-10,13H,6,11-12,14-15,27H2,1H3,(H,28,31,32). The van der Waals surface area contributed by atoms with Gasteiger partial charge in [-0.1, -0.05) is 42.5 Å². The number of aromatic nitrogens is 2. The summed E-state index contributed by atoms with van der Waals surface area (Å²) in [6, 6.07) is 14.0. The molecule has 3 aromatic rings. The SMILES string of the molecule is COCCCN(Cc1cccc(C(F)(F)F)c1)c1c(N)n(Cc2ccccc2)c(=O)[nH]c1=O. The van der Waals surface area contributed by atoms with Crippen LogP contribution in [0.4, 0.5) is 24.7 Å². The highest BCUT2D eigenvalue weighted by molar-refractivity contribution is 5.62. The molecule has 2 aromatic carbocycles. The lowest BCUT2D eigenvalue weighted by molar-refractivity contribution is -0.137. The molecule has 0 atom stereocenters. The molecular formula is C23H25F3N4O3. The summed E-state index contributed by atoms with van der Waals surface area (Å²) in [7, 11) is 1.53. The first-order chi connectivity index (χ1) is 15.7. The van der Waals surface area contributed by atoms with Crippen LogP contribution in [0.3, 0.4) is 0 Å². The van der Waals surface area contributed by atoms with Crippen molar-refractivity contribution in [3.05, 3.63) is 92.1 Å². The van der Waals surface area contributed by atoms with Crippen molar-refractivity contribution in [3.8, 4) is 0 Å². The van der Waals surface area contributed by atoms with Gasteiger partial charge in [-0.3, -0.25) is 14.3 Å². The van der Waals surface area contributed by atoms with Crippen LogP contribution in [0.2, 0.25) is 0 Å². The quantitative estimate of drug-likeness (QED) is 0.477. The van der Waals surface area contributed by atoms with Gasteiger partial charge in [0, 0.05) is 26.8 Å². The Morgan fingerprint density at radius 3 is 2.42 bits per heavy atom. The van der Waals surface area contributed by atoms with Gasteiger partial charge in [0.2, 0.25) is 0 Å². The van der Waals surface area contributed by atoms with Gasteiger partial charge in [-0.05, 0) is 29.7 Å². The van der Waals surface area contributed by atoms with E-state index in [1.807, 2.05) is 30.3 Å². The van der Waals surface area contributed by atoms with Crippen LogP contribution in [0, 0.1) is 0 Å². The predicted molar refractivity (Wildman–Crippen MR) is 120 cm³/mol. The number of H-pyrrole nitrogens is 1. The number of hydrogen-bond acceptors (Lipinski definition) is 5. The van der Waals surface area contributed by atoms with Gasteiger partial charge in [-0.15, -0.1) is 0 Å². The van der Waals surface area contributed by atoms with Gasteiger partial charge in [0.05, 0.1) is 12.1 Å². The Bertz CT molecular complexity index is 1190. The smallest absolute Gasteiger partial charge is 0.385 e. The first kappa shape index (κ1) is 24.1. The van der Waals surface area contributed by atoms with Crippen LogP contribution in [-0.2, 0) is 24.0 Å². The second-order valence-corrected chi connectivity index (χ2v) is 7.53. The summed E-state index contributed by atoms with van der Waals surface area (Å²) in [6.45, 7) is 0.774. The number of ether oxygens (including phenoxy) is 1. The fraction of sp³-hybridized carbons (Fsp3) is 0.304. The van der Waals surface area contributed by atoms with E-state index < -0.39 is 23.0 Å². The lowest BCUT2D eigenvalue weighted by atomic mass is 10.1. The van der Waals surface area contributed by atoms with Crippen molar-refractivity contribution in [1.29, 1.82) is 0 Å². The van der Waals surface area contributed by atoms with E-state index in [9.17, 15) is 22.8 Å². The molecule has 3 rings (SSSR count). The molecular weight excluding hydrogens is 437 g/mol. The van der Waals surface area contributed by atoms with Crippen molar-refractivity contribution in [1.82, 2.24) is 9.55 Å². The first-order valence-electron chi connectivity index (χ1n) is 10.3. The lowest BCUT2D eigenvalue weighted by Gasteiger charge is -2.26. The van der Waals surface area contributed by atoms with E-state index in [-0.39, 0.29) is 31.1 Å². The van der Waals surface area contributed by atoms with Crippen LogP contribution >= 0.6 is 0 Å². The van der Waals surface area contributed by atoms with Gasteiger partial charge < -0.3 is 15.4 Å². The molecule has 3 N–H and O–H groups in total. The number of aromatic amines is 1. The third-order valence-electron chi connectivity index (χ3n) is 5.12. The summed E-state index contributed by atoms with van der Waals surface area (Å²) in [5.41, 5.74) is 5.30. The molecule has 10 heteroatoms. The Hall–Kier alpha value is -3.53. The fourth-order valence-electron chi connectivity index (χ4n) is 3.54. The number of anilines is 2. The molecule has 0 aliphatic rings. The molecule has 176 valence electrons. The monoisotopic (exact) mass is 462 g/mol. The van der Waals surface area contributed by atoms with Crippen molar-refractivity contribution in [2.45, 2.75) is 25.7 Å². The largest absolute Gasteiger partial charge is 0.416 e. The van der Waals surface area contributed by atoms with Crippen molar-refractivity contribution in [3.63, 3.8) is 0 Å². The zero-order valence-electron chi connectivity index (χ0n) is 18.1. The van der Waals surface area contributed by atoms with Crippen LogP contribution < -0.4 is 21.9 Å². The predicted octanol–water partition coefficient (Wildman–Crippen LogP) is 3.23. The molecule has 0 unspecified atom stereocenters. The average molecular weight is 462 g/mol. The second-order valence-electron chi connectivity index (χ2n) is 7.53. The molecule has 0 saturated heterocycles. The normalized spacial score (nSPS) is 11.5. The number of benzene rings is 2. The molecule has 0 aliphatic heterocycles. The Morgan fingerprint density at radius 1 is 1.06 bits per heavy atom. The zero-order valence-corrected chi connectivity index (χ0v) is 18.1. The molecule has 33 heavy (non-hydrogen) atoms. The van der Waals surface area contributed by atoms with Crippen LogP contribution in [0.15, 0.2) is 64.2 Å². The summed E-state index contributed by atoms with van der Waals surface area (Å²) < 4.78 is 45.8. The molecule has 0 amide bonds. The number of halogens is 3. The highest BCUT2D eigenvalue weighted by atomic mass is 19.4. The van der Waals surface area contributed by atoms with E-state index in [2.05, 4.69) is 4.98 Å². The number of nitrogens with zero attached hydrogens (tertiary/aromatic N) is 2. The average Bonchev–Trinajstić information content (AvgIpc) is 2.77. The zero-order chi connectivity index (χ0) is 24.0. The van der Waals surface area contributed by atoms with Crippen molar-refractivity contribution < 1.29 is 17.9 Å². The Labute approximate surface area is 188 Å². The third-order valence-corrected chi connectivity index (χ3v) is 5.12. The summed E-state index contributed by atoms with van der Waals surface area (Å²) in [6.07, 6.45) is -4.00. The molecule has 0 aliphatic carbocycles. The first-order valence-corrected chi connectivity index (χ1v) is 10.3. The topological polar surface area (TPSA) is 93.3 Å². The van der Waals surface area contributed by atoms with Gasteiger partial charge in [-0.2, -0.15) is 13.2 Å². The number of alkyl halides is 3. The van der Waals surface area contributed by atoms with Crippen LogP contribution in [0.5, 0.6) is 0 Å². The molecule has 0 radical (unpaired) electrons. The molecule has 0 spiro atoms. The van der Waals surface area contributed by atoms with E-state index in [1.54, 1.807) is 11.0 Å². The lowest BCUT2D eigenvalue weighted by Crippen LogP contribution is -2.39. The summed E-state index contributed by atoms with van der Waals surface area (Å²) >= 11 is 0. The number of nitrogen functional groups attached to an aromatic ring is 1. The van der Waals surface area contributed by atoms with E-state index in [4.69, 9.17) is 10.5 Å². The number of hydrogen-bond donors (Lipinski definition) is 2. The molecule has 0 fully saturated rings. The summed E-state index contributed by atoms with van der Waals surface area (Å²) in [4.78, 5) is 29.1. The Morgan fingerprint density at radius 2 is 1.76 bits per heavy atom. The van der Waals surface area contributed by atoms with E-state index >= 15 is 0 Å². The highest BCUT2D eigenvalue weighted by Crippen LogP contribution is 2.30. The summed E-state index contributed by atoms with van der Waals surface area (Å²) in [5.74, 6) is -0.0583. The maximum absolute atomic E-state index is 13.2. The number of nitrogens with one attached hydrogen (secondary N) is 1. The van der Waals surface area contributed by atoms with Gasteiger partial charge >= 0.3 is 11.9 Å². The number of rotatable bonds is 9. The van der Waals surface area contributed by atoms with Crippen molar-refractivity contribution in [2.24, 2.45) is 0 Å². The van der Waals surface area contributed by atoms with Gasteiger partial charge in [0.15, 0.2) is 0 Å². The maximum Gasteiger partial charge on any atom is 0.416 e. The minimum absolute atomic E-state index is 0.00947. The number of nitrogens with two attached hydrogens (primary N) is 1. The number of methoxy groups -OCH3 is 1. The molecule has 0 bridgehead atoms. The summed E-state index contributed by atoms with van der Waals surface area (Å²) in [5, 5.41) is 0. The van der Waals surface area contributed by atoms with Gasteiger partial charge in [0.25, 0.3) is 5.56 Å². The highest BCUT2D eigenvalue weighted by Gasteiger charge is 2.30. The molecule has 7 nitrogen and oxygen atoms in total. The second kappa shape index (κ2) is 10.4. The van der Waals surface area contributed by atoms with Crippen LogP contribution in [0.1, 0.15) is 23.1 Å². The maximum atomic E-state index is 13.2. The molecule has 1 aromatic heterocycles. The van der Waals surface area contributed by atoms with Gasteiger partial charge in [-0.25, -0.2) is 4.79 Å². The molecule has 1 heterocycles. The Kier molecular flexibility index (Phi) is 7.59. The van der Waals surface area contributed by atoms with Crippen LogP contribution in [-0.4, -0.2) is 29.8 Å². The minimum Gasteiger partial charge on any atom is -0.385 e.